The van der Waals surface area contributed by atoms with Gasteiger partial charge in [-0.15, -0.1) is 0 Å². The first-order valence-corrected chi connectivity index (χ1v) is 8.99. The van der Waals surface area contributed by atoms with Crippen molar-refractivity contribution in [3.8, 4) is 11.5 Å². The van der Waals surface area contributed by atoms with Crippen LogP contribution in [0.3, 0.4) is 0 Å². The van der Waals surface area contributed by atoms with Crippen molar-refractivity contribution in [1.29, 1.82) is 0 Å². The first-order chi connectivity index (χ1) is 14.4. The number of fused-ring (bicyclic) bond motifs is 1. The average molecular weight is 409 g/mol. The second-order valence-electron chi connectivity index (χ2n) is 6.46. The van der Waals surface area contributed by atoms with E-state index in [9.17, 15) is 13.6 Å². The lowest BCUT2D eigenvalue weighted by molar-refractivity contribution is 0.0958. The monoisotopic (exact) mass is 409 g/mol. The average Bonchev–Trinajstić information content (AvgIpc) is 3.05. The molecule has 0 saturated carbocycles. The maximum Gasteiger partial charge on any atom is 0.269 e. The Kier molecular flexibility index (Phi) is 5.01. The van der Waals surface area contributed by atoms with E-state index in [1.165, 1.54) is 25.4 Å². The molecular weight excluding hydrogens is 392 g/mol. The van der Waals surface area contributed by atoms with Crippen LogP contribution >= 0.6 is 0 Å². The summed E-state index contributed by atoms with van der Waals surface area (Å²) in [5, 5.41) is 5.49. The number of halogens is 2. The Balaban J connectivity index is 1.60. The van der Waals surface area contributed by atoms with E-state index in [1.54, 1.807) is 29.8 Å². The number of anilines is 2. The van der Waals surface area contributed by atoms with E-state index >= 15 is 0 Å². The quantitative estimate of drug-likeness (QED) is 0.518. The zero-order valence-electron chi connectivity index (χ0n) is 16.1. The van der Waals surface area contributed by atoms with Gasteiger partial charge in [-0.2, -0.15) is 0 Å². The molecule has 152 valence electrons. The molecule has 0 aliphatic rings. The van der Waals surface area contributed by atoms with Crippen LogP contribution in [-0.4, -0.2) is 27.5 Å². The van der Waals surface area contributed by atoms with Crippen molar-refractivity contribution in [1.82, 2.24) is 19.9 Å². The van der Waals surface area contributed by atoms with Crippen molar-refractivity contribution in [2.75, 3.05) is 12.4 Å². The molecule has 4 rings (SSSR count). The number of benzene rings is 2. The third kappa shape index (κ3) is 3.77. The fraction of sp³-hybridized carbons (Fsp3) is 0.0952. The van der Waals surface area contributed by atoms with Crippen molar-refractivity contribution in [2.45, 2.75) is 0 Å². The maximum absolute atomic E-state index is 13.5. The fourth-order valence-corrected chi connectivity index (χ4v) is 2.92. The zero-order valence-corrected chi connectivity index (χ0v) is 16.1. The van der Waals surface area contributed by atoms with Gasteiger partial charge in [0.05, 0.1) is 11.0 Å². The molecule has 4 aromatic rings. The summed E-state index contributed by atoms with van der Waals surface area (Å²) in [6.45, 7) is 0. The molecule has 0 aliphatic carbocycles. The van der Waals surface area contributed by atoms with E-state index < -0.39 is 11.6 Å². The molecule has 0 radical (unpaired) electrons. The Morgan fingerprint density at radius 3 is 2.60 bits per heavy atom. The molecule has 0 spiro atoms. The highest BCUT2D eigenvalue weighted by atomic mass is 19.2. The van der Waals surface area contributed by atoms with Crippen LogP contribution in [0.1, 0.15) is 10.5 Å². The van der Waals surface area contributed by atoms with Crippen LogP contribution in [0.25, 0.3) is 11.0 Å². The third-order valence-corrected chi connectivity index (χ3v) is 4.45. The van der Waals surface area contributed by atoms with E-state index in [0.717, 1.165) is 17.6 Å². The normalized spacial score (nSPS) is 10.8. The fourth-order valence-electron chi connectivity index (χ4n) is 2.92. The predicted octanol–water partition coefficient (Wildman–Crippen LogP) is 4.14. The van der Waals surface area contributed by atoms with Gasteiger partial charge in [-0.3, -0.25) is 9.78 Å². The Labute approximate surface area is 170 Å². The molecule has 0 unspecified atom stereocenters. The molecule has 0 saturated heterocycles. The van der Waals surface area contributed by atoms with E-state index in [-0.39, 0.29) is 11.6 Å². The number of rotatable bonds is 5. The summed E-state index contributed by atoms with van der Waals surface area (Å²) >= 11 is 0. The Morgan fingerprint density at radius 1 is 1.03 bits per heavy atom. The molecule has 0 atom stereocenters. The van der Waals surface area contributed by atoms with Crippen LogP contribution in [0.4, 0.5) is 20.4 Å². The van der Waals surface area contributed by atoms with E-state index in [4.69, 9.17) is 4.74 Å². The SMILES string of the molecule is CNC(=O)c1cc(Oc2ccc3c(c2)nc(Nc2ccc(F)c(F)c2)n3C)ccn1. The summed E-state index contributed by atoms with van der Waals surface area (Å²) in [4.78, 5) is 20.2. The van der Waals surface area contributed by atoms with Crippen molar-refractivity contribution in [2.24, 2.45) is 7.05 Å². The van der Waals surface area contributed by atoms with Crippen LogP contribution in [0.5, 0.6) is 11.5 Å². The number of ether oxygens (including phenoxy) is 1. The summed E-state index contributed by atoms with van der Waals surface area (Å²) in [6, 6.07) is 12.1. The number of aromatic nitrogens is 3. The first kappa shape index (κ1) is 19.3. The lowest BCUT2D eigenvalue weighted by Crippen LogP contribution is -2.18. The molecule has 2 heterocycles. The molecule has 0 aliphatic heterocycles. The summed E-state index contributed by atoms with van der Waals surface area (Å²) in [6.07, 6.45) is 1.49. The highest BCUT2D eigenvalue weighted by molar-refractivity contribution is 5.92. The lowest BCUT2D eigenvalue weighted by atomic mass is 10.3. The van der Waals surface area contributed by atoms with E-state index in [2.05, 4.69) is 20.6 Å². The molecule has 9 heteroatoms. The van der Waals surface area contributed by atoms with Gasteiger partial charge in [0.15, 0.2) is 11.6 Å². The van der Waals surface area contributed by atoms with E-state index in [0.29, 0.717) is 28.7 Å². The van der Waals surface area contributed by atoms with Gasteiger partial charge in [0.25, 0.3) is 5.91 Å². The number of pyridine rings is 1. The third-order valence-electron chi connectivity index (χ3n) is 4.45. The molecule has 2 aromatic heterocycles. The van der Waals surface area contributed by atoms with Crippen molar-refractivity contribution in [3.05, 3.63) is 72.1 Å². The Morgan fingerprint density at radius 2 is 1.83 bits per heavy atom. The van der Waals surface area contributed by atoms with Crippen LogP contribution in [0.15, 0.2) is 54.7 Å². The second-order valence-corrected chi connectivity index (χ2v) is 6.46. The number of nitrogens with zero attached hydrogens (tertiary/aromatic N) is 3. The molecule has 2 N–H and O–H groups in total. The summed E-state index contributed by atoms with van der Waals surface area (Å²) in [7, 11) is 3.33. The summed E-state index contributed by atoms with van der Waals surface area (Å²) in [5.41, 5.74) is 2.07. The van der Waals surface area contributed by atoms with Gasteiger partial charge in [0.1, 0.15) is 17.2 Å². The highest BCUT2D eigenvalue weighted by Gasteiger charge is 2.12. The maximum atomic E-state index is 13.5. The van der Waals surface area contributed by atoms with Gasteiger partial charge in [-0.05, 0) is 30.3 Å². The summed E-state index contributed by atoms with van der Waals surface area (Å²) in [5.74, 6) is -0.730. The van der Waals surface area contributed by atoms with Gasteiger partial charge >= 0.3 is 0 Å². The second kappa shape index (κ2) is 7.78. The number of nitrogens with one attached hydrogen (secondary N) is 2. The molecule has 0 fully saturated rings. The van der Waals surface area contributed by atoms with Gasteiger partial charge in [0, 0.05) is 44.2 Å². The number of carbonyl (C=O) groups excluding carboxylic acids is 1. The number of carbonyl (C=O) groups is 1. The topological polar surface area (TPSA) is 81.1 Å². The van der Waals surface area contributed by atoms with Crippen molar-refractivity contribution < 1.29 is 18.3 Å². The van der Waals surface area contributed by atoms with Gasteiger partial charge in [-0.1, -0.05) is 0 Å². The number of aryl methyl sites for hydroxylation is 1. The molecular formula is C21H17F2N5O2. The van der Waals surface area contributed by atoms with Crippen molar-refractivity contribution in [3.63, 3.8) is 0 Å². The zero-order chi connectivity index (χ0) is 21.3. The van der Waals surface area contributed by atoms with Gasteiger partial charge in [-0.25, -0.2) is 13.8 Å². The molecule has 1 amide bonds. The Hall–Kier alpha value is -4.01. The number of hydrogen-bond donors (Lipinski definition) is 2. The Bertz CT molecular complexity index is 1260. The highest BCUT2D eigenvalue weighted by Crippen LogP contribution is 2.28. The minimum Gasteiger partial charge on any atom is -0.457 e. The van der Waals surface area contributed by atoms with E-state index in [1.807, 2.05) is 6.07 Å². The minimum atomic E-state index is -0.942. The largest absolute Gasteiger partial charge is 0.457 e. The van der Waals surface area contributed by atoms with Crippen LogP contribution < -0.4 is 15.4 Å². The number of hydrogen-bond acceptors (Lipinski definition) is 5. The number of amides is 1. The smallest absolute Gasteiger partial charge is 0.269 e. The van der Waals surface area contributed by atoms with Crippen LogP contribution in [0, 0.1) is 11.6 Å². The molecule has 7 nitrogen and oxygen atoms in total. The number of imidazole rings is 1. The molecule has 30 heavy (non-hydrogen) atoms. The molecule has 0 bridgehead atoms. The van der Waals surface area contributed by atoms with Crippen molar-refractivity contribution >= 4 is 28.6 Å². The van der Waals surface area contributed by atoms with Crippen LogP contribution in [0.2, 0.25) is 0 Å². The van der Waals surface area contributed by atoms with Crippen LogP contribution in [-0.2, 0) is 7.05 Å². The summed E-state index contributed by atoms with van der Waals surface area (Å²) < 4.78 is 34.2. The lowest BCUT2D eigenvalue weighted by Gasteiger charge is -2.07. The standard InChI is InChI=1S/C21H17F2N5O2/c1-24-20(29)18-11-14(7-8-25-18)30-13-4-6-19-17(10-13)27-21(28(19)2)26-12-3-5-15(22)16(23)9-12/h3-11H,1-2H3,(H,24,29)(H,26,27). The first-order valence-electron chi connectivity index (χ1n) is 8.99. The molecule has 2 aromatic carbocycles. The predicted molar refractivity (Wildman–Crippen MR) is 108 cm³/mol. The van der Waals surface area contributed by atoms with Gasteiger partial charge < -0.3 is 19.9 Å². The van der Waals surface area contributed by atoms with Gasteiger partial charge in [0.2, 0.25) is 5.95 Å². The minimum absolute atomic E-state index is 0.243.